The van der Waals surface area contributed by atoms with Crippen LogP contribution in [0.5, 0.6) is 0 Å². The molecule has 2 rings (SSSR count). The number of ether oxygens (including phenoxy) is 1. The molecule has 0 saturated carbocycles. The molecule has 1 nitrogen and oxygen atoms in total. The van der Waals surface area contributed by atoms with Gasteiger partial charge in [-0.1, -0.05) is 0 Å². The minimum absolute atomic E-state index is 0. The first-order valence-electron chi connectivity index (χ1n) is 8.31. The second kappa shape index (κ2) is 9.24. The maximum Gasteiger partial charge on any atom is -1.00 e. The Balaban J connectivity index is 0.00000264. The second-order valence-corrected chi connectivity index (χ2v) is 8.85. The van der Waals surface area contributed by atoms with Gasteiger partial charge in [0.25, 0.3) is 0 Å². The molecule has 0 fully saturated rings. The third kappa shape index (κ3) is 5.61. The summed E-state index contributed by atoms with van der Waals surface area (Å²) in [4.78, 5) is 0. The van der Waals surface area contributed by atoms with Crippen molar-refractivity contribution < 1.29 is 50.0 Å². The summed E-state index contributed by atoms with van der Waals surface area (Å²) in [6.07, 6.45) is 12.6. The molecule has 1 unspecified atom stereocenters. The van der Waals surface area contributed by atoms with Crippen molar-refractivity contribution in [3.8, 4) is 0 Å². The van der Waals surface area contributed by atoms with Gasteiger partial charge in [0.1, 0.15) is 0 Å². The van der Waals surface area contributed by atoms with E-state index in [1.807, 2.05) is 0 Å². The molecule has 0 heterocycles. The van der Waals surface area contributed by atoms with E-state index in [0.29, 0.717) is 0 Å². The maximum atomic E-state index is 6.60. The molecule has 0 aromatic heterocycles. The van der Waals surface area contributed by atoms with E-state index in [1.165, 1.54) is 20.6 Å². The first-order chi connectivity index (χ1) is 10.1. The topological polar surface area (TPSA) is 9.23 Å². The van der Waals surface area contributed by atoms with Gasteiger partial charge in [-0.2, -0.15) is 0 Å². The number of rotatable bonds is 4. The zero-order chi connectivity index (χ0) is 16.5. The van der Waals surface area contributed by atoms with Crippen LogP contribution < -0.4 is 24.8 Å². The standard InChI is InChI=1S/C20H29O.2ClH.Ti/c1-15(2)21-20(14-17-9-7-8-10-17)12-11-16(3)13-18(20)19(4,5)6;;;/h7,9,11,13,15H,8,12,14H2,1-6H3;2*1H;/q;;;+2/p-2. The summed E-state index contributed by atoms with van der Waals surface area (Å²) in [5, 5.41) is 0. The van der Waals surface area contributed by atoms with Crippen molar-refractivity contribution in [2.24, 2.45) is 5.41 Å². The quantitative estimate of drug-likeness (QED) is 0.582. The van der Waals surface area contributed by atoms with Gasteiger partial charge in [-0.3, -0.25) is 0 Å². The molecular weight excluding hydrogens is 375 g/mol. The van der Waals surface area contributed by atoms with E-state index in [4.69, 9.17) is 4.74 Å². The van der Waals surface area contributed by atoms with Gasteiger partial charge >= 0.3 is 148 Å². The van der Waals surface area contributed by atoms with E-state index in [0.717, 1.165) is 19.3 Å². The Hall–Kier alpha value is 0.214. The zero-order valence-corrected chi connectivity index (χ0v) is 18.7. The third-order valence-electron chi connectivity index (χ3n) is 4.39. The number of allylic oxidation sites excluding steroid dienone is 5. The molecule has 2 aliphatic rings. The van der Waals surface area contributed by atoms with Gasteiger partial charge in [0, 0.05) is 0 Å². The van der Waals surface area contributed by atoms with E-state index >= 15 is 0 Å². The fourth-order valence-electron chi connectivity index (χ4n) is 3.55. The molecule has 0 bridgehead atoms. The second-order valence-electron chi connectivity index (χ2n) is 7.91. The SMILES string of the molecule is CC1=CCC(CC2=[C]([Ti+2])CC=C2)(OC(C)C)C(C(C)(C)C)=C1.[Cl-].[Cl-]. The predicted molar refractivity (Wildman–Crippen MR) is 90.3 cm³/mol. The largest absolute Gasteiger partial charge is 1.00 e. The molecule has 0 amide bonds. The third-order valence-corrected chi connectivity index (χ3v) is 5.21. The zero-order valence-electron chi connectivity index (χ0n) is 15.7. The van der Waals surface area contributed by atoms with Gasteiger partial charge in [0.2, 0.25) is 0 Å². The Morgan fingerprint density at radius 1 is 1.25 bits per heavy atom. The number of hydrogen-bond acceptors (Lipinski definition) is 1. The van der Waals surface area contributed by atoms with Crippen LogP contribution in [0.25, 0.3) is 0 Å². The van der Waals surface area contributed by atoms with Gasteiger partial charge in [0.05, 0.1) is 0 Å². The Kier molecular flexibility index (Phi) is 9.32. The van der Waals surface area contributed by atoms with Crippen molar-refractivity contribution in [3.05, 3.63) is 44.9 Å². The molecule has 0 saturated heterocycles. The van der Waals surface area contributed by atoms with Crippen LogP contribution in [0.1, 0.15) is 60.8 Å². The fourth-order valence-corrected chi connectivity index (χ4v) is 4.00. The van der Waals surface area contributed by atoms with Gasteiger partial charge < -0.3 is 24.8 Å². The molecule has 24 heavy (non-hydrogen) atoms. The average Bonchev–Trinajstić information content (AvgIpc) is 2.76. The molecule has 0 aromatic carbocycles. The summed E-state index contributed by atoms with van der Waals surface area (Å²) in [6.45, 7) is 13.4. The van der Waals surface area contributed by atoms with Crippen molar-refractivity contribution in [1.29, 1.82) is 0 Å². The van der Waals surface area contributed by atoms with Crippen LogP contribution in [0.15, 0.2) is 44.9 Å². The van der Waals surface area contributed by atoms with Crippen LogP contribution in [-0.2, 0) is 25.2 Å². The molecule has 1 atom stereocenters. The van der Waals surface area contributed by atoms with Crippen molar-refractivity contribution >= 4 is 0 Å². The Morgan fingerprint density at radius 3 is 2.33 bits per heavy atom. The first-order valence-corrected chi connectivity index (χ1v) is 9.09. The number of halogens is 2. The normalized spacial score (nSPS) is 23.7. The van der Waals surface area contributed by atoms with Crippen LogP contribution >= 0.6 is 0 Å². The van der Waals surface area contributed by atoms with Crippen LogP contribution in [0, 0.1) is 5.41 Å². The van der Waals surface area contributed by atoms with Crippen LogP contribution in [0.2, 0.25) is 0 Å². The maximum absolute atomic E-state index is 6.60. The average molecular weight is 404 g/mol. The van der Waals surface area contributed by atoms with Gasteiger partial charge in [-0.25, -0.2) is 0 Å². The van der Waals surface area contributed by atoms with Crippen molar-refractivity contribution in [1.82, 2.24) is 0 Å². The van der Waals surface area contributed by atoms with Gasteiger partial charge in [-0.15, -0.1) is 0 Å². The summed E-state index contributed by atoms with van der Waals surface area (Å²) in [5.41, 5.74) is 4.18. The summed E-state index contributed by atoms with van der Waals surface area (Å²) < 4.78 is 8.09. The molecule has 0 radical (unpaired) electrons. The molecule has 4 heteroatoms. The molecule has 0 aliphatic heterocycles. The fraction of sp³-hybridized carbons (Fsp3) is 0.600. The molecular formula is C20H29Cl2OTi. The monoisotopic (exact) mass is 403 g/mol. The van der Waals surface area contributed by atoms with Gasteiger partial charge in [-0.05, 0) is 0 Å². The van der Waals surface area contributed by atoms with Gasteiger partial charge in [0.15, 0.2) is 0 Å². The van der Waals surface area contributed by atoms with E-state index in [9.17, 15) is 0 Å². The van der Waals surface area contributed by atoms with E-state index in [-0.39, 0.29) is 41.9 Å². The van der Waals surface area contributed by atoms with Crippen LogP contribution in [-0.4, -0.2) is 11.7 Å². The molecule has 2 aliphatic carbocycles. The summed E-state index contributed by atoms with van der Waals surface area (Å²) in [6, 6.07) is 0. The Morgan fingerprint density at radius 2 is 1.88 bits per heavy atom. The van der Waals surface area contributed by atoms with E-state index in [1.54, 1.807) is 0 Å². The first kappa shape index (κ1) is 24.2. The molecule has 0 spiro atoms. The molecule has 0 aromatic rings. The Labute approximate surface area is 172 Å². The molecule has 0 N–H and O–H groups in total. The van der Waals surface area contributed by atoms with Crippen LogP contribution in [0.3, 0.4) is 0 Å². The predicted octanol–water partition coefficient (Wildman–Crippen LogP) is -0.368. The Bertz CT molecular complexity index is 565. The summed E-state index contributed by atoms with van der Waals surface area (Å²) in [5.74, 6) is 0. The van der Waals surface area contributed by atoms with Crippen molar-refractivity contribution in [3.63, 3.8) is 0 Å². The molecule has 133 valence electrons. The summed E-state index contributed by atoms with van der Waals surface area (Å²) >= 11 is 2.25. The van der Waals surface area contributed by atoms with E-state index < -0.39 is 0 Å². The number of hydrogen-bond donors (Lipinski definition) is 0. The van der Waals surface area contributed by atoms with E-state index in [2.05, 4.69) is 86.3 Å². The summed E-state index contributed by atoms with van der Waals surface area (Å²) in [7, 11) is 0. The van der Waals surface area contributed by atoms with Crippen molar-refractivity contribution in [2.45, 2.75) is 72.5 Å². The van der Waals surface area contributed by atoms with Crippen molar-refractivity contribution in [2.75, 3.05) is 0 Å². The van der Waals surface area contributed by atoms with Crippen LogP contribution in [0.4, 0.5) is 0 Å². The minimum Gasteiger partial charge on any atom is -1.00 e. The smallest absolute Gasteiger partial charge is 1.00 e. The minimum atomic E-state index is -0.197.